The summed E-state index contributed by atoms with van der Waals surface area (Å²) < 4.78 is 5.47. The van der Waals surface area contributed by atoms with E-state index < -0.39 is 5.60 Å². The van der Waals surface area contributed by atoms with E-state index >= 15 is 0 Å². The Balaban J connectivity index is 1.62. The van der Waals surface area contributed by atoms with E-state index in [4.69, 9.17) is 22.1 Å². The number of carbonyl (C=O) groups is 2. The summed E-state index contributed by atoms with van der Waals surface area (Å²) in [6.07, 6.45) is 1.52. The number of halogens is 1. The smallest absolute Gasteiger partial charge is 0.410 e. The van der Waals surface area contributed by atoms with Gasteiger partial charge >= 0.3 is 6.09 Å². The second kappa shape index (κ2) is 9.60. The van der Waals surface area contributed by atoms with Crippen molar-refractivity contribution in [2.24, 2.45) is 5.92 Å². The molecule has 3 rings (SSSR count). The molecule has 31 heavy (non-hydrogen) atoms. The van der Waals surface area contributed by atoms with E-state index in [1.807, 2.05) is 51.1 Å². The SMILES string of the molecule is CC(C)(C)OC(=O)N1CCC[C@H](CNC(=O)c2cc(-c3ccc(Cl)cc3)ccc2N)C1. The molecule has 1 atom stereocenters. The van der Waals surface area contributed by atoms with Crippen LogP contribution in [-0.4, -0.2) is 42.1 Å². The van der Waals surface area contributed by atoms with E-state index in [0.29, 0.717) is 35.9 Å². The van der Waals surface area contributed by atoms with Gasteiger partial charge in [0.1, 0.15) is 5.60 Å². The molecule has 166 valence electrons. The molecular formula is C24H30ClN3O3. The van der Waals surface area contributed by atoms with Crippen molar-refractivity contribution in [1.29, 1.82) is 0 Å². The Labute approximate surface area is 188 Å². The predicted molar refractivity (Wildman–Crippen MR) is 124 cm³/mol. The minimum Gasteiger partial charge on any atom is -0.444 e. The van der Waals surface area contributed by atoms with Crippen LogP contribution in [0.25, 0.3) is 11.1 Å². The van der Waals surface area contributed by atoms with Gasteiger partial charge in [-0.15, -0.1) is 0 Å². The highest BCUT2D eigenvalue weighted by molar-refractivity contribution is 6.30. The largest absolute Gasteiger partial charge is 0.444 e. The number of nitrogens with zero attached hydrogens (tertiary/aromatic N) is 1. The highest BCUT2D eigenvalue weighted by Crippen LogP contribution is 2.25. The molecule has 0 radical (unpaired) electrons. The third-order valence-corrected chi connectivity index (χ3v) is 5.45. The van der Waals surface area contributed by atoms with E-state index in [0.717, 1.165) is 24.0 Å². The summed E-state index contributed by atoms with van der Waals surface area (Å²) in [6.45, 7) is 7.28. The summed E-state index contributed by atoms with van der Waals surface area (Å²) in [5, 5.41) is 3.64. The maximum Gasteiger partial charge on any atom is 0.410 e. The first kappa shape index (κ1) is 22.9. The van der Waals surface area contributed by atoms with Crippen molar-refractivity contribution in [1.82, 2.24) is 10.2 Å². The van der Waals surface area contributed by atoms with Crippen LogP contribution < -0.4 is 11.1 Å². The minimum absolute atomic E-state index is 0.172. The number of hydrogen-bond acceptors (Lipinski definition) is 4. The molecule has 2 amide bonds. The lowest BCUT2D eigenvalue weighted by atomic mass is 9.97. The maximum absolute atomic E-state index is 12.8. The molecule has 0 saturated carbocycles. The van der Waals surface area contributed by atoms with Gasteiger partial charge in [-0.3, -0.25) is 4.79 Å². The van der Waals surface area contributed by atoms with Gasteiger partial charge in [0.2, 0.25) is 0 Å². The predicted octanol–water partition coefficient (Wildman–Crippen LogP) is 4.97. The standard InChI is InChI=1S/C24H30ClN3O3/c1-24(2,3)31-23(30)28-12-4-5-16(15-28)14-27-22(29)20-13-18(8-11-21(20)26)17-6-9-19(25)10-7-17/h6-11,13,16H,4-5,12,14-15,26H2,1-3H3,(H,27,29)/t16-/m1/s1. The number of rotatable bonds is 4. The number of carbonyl (C=O) groups excluding carboxylic acids is 2. The quantitative estimate of drug-likeness (QED) is 0.653. The van der Waals surface area contributed by atoms with Gasteiger partial charge in [-0.2, -0.15) is 0 Å². The molecule has 0 spiro atoms. The number of ether oxygens (including phenoxy) is 1. The second-order valence-corrected chi connectivity index (χ2v) is 9.39. The summed E-state index contributed by atoms with van der Waals surface area (Å²) in [4.78, 5) is 26.9. The zero-order chi connectivity index (χ0) is 22.6. The fraction of sp³-hybridized carbons (Fsp3) is 0.417. The van der Waals surface area contributed by atoms with E-state index in [-0.39, 0.29) is 17.9 Å². The Bertz CT molecular complexity index is 938. The van der Waals surface area contributed by atoms with E-state index in [1.54, 1.807) is 17.0 Å². The number of nitrogens with two attached hydrogens (primary N) is 1. The number of anilines is 1. The molecule has 2 aromatic rings. The first-order valence-electron chi connectivity index (χ1n) is 10.5. The number of likely N-dealkylation sites (tertiary alicyclic amines) is 1. The first-order chi connectivity index (χ1) is 14.6. The molecule has 1 fully saturated rings. The van der Waals surface area contributed by atoms with E-state index in [9.17, 15) is 9.59 Å². The van der Waals surface area contributed by atoms with Crippen LogP contribution in [0.1, 0.15) is 44.0 Å². The number of benzene rings is 2. The second-order valence-electron chi connectivity index (χ2n) is 8.95. The van der Waals surface area contributed by atoms with Gasteiger partial charge in [0.25, 0.3) is 5.91 Å². The zero-order valence-corrected chi connectivity index (χ0v) is 19.0. The molecule has 1 aliphatic heterocycles. The molecular weight excluding hydrogens is 414 g/mol. The normalized spacial score (nSPS) is 16.6. The fourth-order valence-electron chi connectivity index (χ4n) is 3.63. The summed E-state index contributed by atoms with van der Waals surface area (Å²) in [6, 6.07) is 12.9. The lowest BCUT2D eigenvalue weighted by molar-refractivity contribution is 0.0167. The van der Waals surface area contributed by atoms with Crippen molar-refractivity contribution in [2.45, 2.75) is 39.2 Å². The molecule has 1 aliphatic rings. The van der Waals surface area contributed by atoms with Gasteiger partial charge < -0.3 is 20.7 Å². The van der Waals surface area contributed by atoms with Crippen LogP contribution in [0.15, 0.2) is 42.5 Å². The molecule has 1 heterocycles. The Kier molecular flexibility index (Phi) is 7.11. The molecule has 1 saturated heterocycles. The van der Waals surface area contributed by atoms with Crippen molar-refractivity contribution in [3.63, 3.8) is 0 Å². The number of nitrogens with one attached hydrogen (secondary N) is 1. The molecule has 0 bridgehead atoms. The number of amides is 2. The van der Waals surface area contributed by atoms with Crippen LogP contribution in [0.3, 0.4) is 0 Å². The van der Waals surface area contributed by atoms with Crippen LogP contribution in [0.2, 0.25) is 5.02 Å². The summed E-state index contributed by atoms with van der Waals surface area (Å²) in [5.74, 6) is -0.0476. The van der Waals surface area contributed by atoms with Gasteiger partial charge in [0.05, 0.1) is 5.56 Å². The molecule has 0 aromatic heterocycles. The van der Waals surface area contributed by atoms with Crippen LogP contribution >= 0.6 is 11.6 Å². The highest BCUT2D eigenvalue weighted by Gasteiger charge is 2.28. The molecule has 7 heteroatoms. The lowest BCUT2D eigenvalue weighted by Gasteiger charge is -2.34. The Hall–Kier alpha value is -2.73. The molecule has 6 nitrogen and oxygen atoms in total. The van der Waals surface area contributed by atoms with Gasteiger partial charge in [-0.1, -0.05) is 29.8 Å². The monoisotopic (exact) mass is 443 g/mol. The Morgan fingerprint density at radius 1 is 1.16 bits per heavy atom. The number of piperidine rings is 1. The zero-order valence-electron chi connectivity index (χ0n) is 18.3. The molecule has 0 unspecified atom stereocenters. The Morgan fingerprint density at radius 2 is 1.84 bits per heavy atom. The average molecular weight is 444 g/mol. The molecule has 2 aromatic carbocycles. The van der Waals surface area contributed by atoms with Crippen molar-refractivity contribution in [2.75, 3.05) is 25.4 Å². The van der Waals surface area contributed by atoms with Gasteiger partial charge in [-0.25, -0.2) is 4.79 Å². The maximum atomic E-state index is 12.8. The van der Waals surface area contributed by atoms with Crippen molar-refractivity contribution < 1.29 is 14.3 Å². The molecule has 3 N–H and O–H groups in total. The van der Waals surface area contributed by atoms with E-state index in [2.05, 4.69) is 5.32 Å². The van der Waals surface area contributed by atoms with Crippen molar-refractivity contribution in [3.05, 3.63) is 53.1 Å². The van der Waals surface area contributed by atoms with Crippen molar-refractivity contribution in [3.8, 4) is 11.1 Å². The summed E-state index contributed by atoms with van der Waals surface area (Å²) >= 11 is 5.97. The van der Waals surface area contributed by atoms with Gasteiger partial charge in [-0.05, 0) is 74.9 Å². The third-order valence-electron chi connectivity index (χ3n) is 5.20. The lowest BCUT2D eigenvalue weighted by Crippen LogP contribution is -2.45. The first-order valence-corrected chi connectivity index (χ1v) is 10.9. The van der Waals surface area contributed by atoms with Crippen LogP contribution in [0.5, 0.6) is 0 Å². The van der Waals surface area contributed by atoms with E-state index in [1.165, 1.54) is 0 Å². The Morgan fingerprint density at radius 3 is 2.52 bits per heavy atom. The topological polar surface area (TPSA) is 84.7 Å². The van der Waals surface area contributed by atoms with Crippen LogP contribution in [-0.2, 0) is 4.74 Å². The average Bonchev–Trinajstić information content (AvgIpc) is 2.72. The summed E-state index contributed by atoms with van der Waals surface area (Å²) in [5.41, 5.74) is 8.26. The molecule has 0 aliphatic carbocycles. The van der Waals surface area contributed by atoms with Crippen LogP contribution in [0, 0.1) is 5.92 Å². The number of hydrogen-bond donors (Lipinski definition) is 2. The highest BCUT2D eigenvalue weighted by atomic mass is 35.5. The number of nitrogen functional groups attached to an aromatic ring is 1. The van der Waals surface area contributed by atoms with Gasteiger partial charge in [0, 0.05) is 30.3 Å². The van der Waals surface area contributed by atoms with Gasteiger partial charge in [0.15, 0.2) is 0 Å². The summed E-state index contributed by atoms with van der Waals surface area (Å²) in [7, 11) is 0. The van der Waals surface area contributed by atoms with Crippen LogP contribution in [0.4, 0.5) is 10.5 Å². The fourth-order valence-corrected chi connectivity index (χ4v) is 3.76. The minimum atomic E-state index is -0.523. The van der Waals surface area contributed by atoms with Crippen molar-refractivity contribution >= 4 is 29.3 Å². The third kappa shape index (κ3) is 6.37.